The van der Waals surface area contributed by atoms with Crippen molar-refractivity contribution in [3.63, 3.8) is 0 Å². The van der Waals surface area contributed by atoms with Crippen LogP contribution in [-0.4, -0.2) is 36.5 Å². The predicted molar refractivity (Wildman–Crippen MR) is 80.4 cm³/mol. The van der Waals surface area contributed by atoms with E-state index >= 15 is 0 Å². The number of carboxylic acid groups (broad SMARTS) is 1. The van der Waals surface area contributed by atoms with E-state index in [9.17, 15) is 9.90 Å². The lowest BCUT2D eigenvalue weighted by atomic mass is 9.75. The van der Waals surface area contributed by atoms with Gasteiger partial charge in [-0.25, -0.2) is 4.79 Å². The summed E-state index contributed by atoms with van der Waals surface area (Å²) in [5, 5.41) is 9.20. The highest BCUT2D eigenvalue weighted by molar-refractivity contribution is 6.62. The van der Waals surface area contributed by atoms with Crippen molar-refractivity contribution in [2.75, 3.05) is 7.11 Å². The number of methoxy groups -OCH3 is 1. The molecule has 0 unspecified atom stereocenters. The van der Waals surface area contributed by atoms with Gasteiger partial charge in [-0.1, -0.05) is 6.07 Å². The third-order valence-electron chi connectivity index (χ3n) is 4.39. The highest BCUT2D eigenvalue weighted by Crippen LogP contribution is 2.37. The van der Waals surface area contributed by atoms with Crippen LogP contribution in [0, 0.1) is 6.92 Å². The van der Waals surface area contributed by atoms with E-state index in [0.29, 0.717) is 5.75 Å². The maximum Gasteiger partial charge on any atom is 0.495 e. The van der Waals surface area contributed by atoms with E-state index in [1.54, 1.807) is 6.07 Å². The molecule has 0 bridgehead atoms. The molecule has 1 N–H and O–H groups in total. The Labute approximate surface area is 125 Å². The molecule has 6 heteroatoms. The molecule has 1 aliphatic rings. The van der Waals surface area contributed by atoms with Crippen molar-refractivity contribution >= 4 is 18.6 Å². The molecule has 0 amide bonds. The fourth-order valence-electron chi connectivity index (χ4n) is 2.36. The van der Waals surface area contributed by atoms with E-state index in [0.717, 1.165) is 11.0 Å². The molecule has 1 heterocycles. The average molecular weight is 292 g/mol. The Morgan fingerprint density at radius 3 is 2.14 bits per heavy atom. The fraction of sp³-hybridized carbons (Fsp3) is 0.533. The second kappa shape index (κ2) is 5.03. The van der Waals surface area contributed by atoms with Gasteiger partial charge in [0, 0.05) is 0 Å². The highest BCUT2D eigenvalue weighted by Gasteiger charge is 2.52. The SMILES string of the molecule is COc1c(C(=O)O)ccc(B2OC(C)(C)C(C)(C)O2)c1C. The quantitative estimate of drug-likeness (QED) is 0.863. The topological polar surface area (TPSA) is 65.0 Å². The number of carboxylic acids is 1. The predicted octanol–water partition coefficient (Wildman–Crippen LogP) is 2.00. The van der Waals surface area contributed by atoms with Crippen molar-refractivity contribution in [1.82, 2.24) is 0 Å². The standard InChI is InChI=1S/C15H21BO5/c1-9-11(8-7-10(13(17)18)12(9)19-6)16-20-14(2,3)15(4,5)21-16/h7-8H,1-6H3,(H,17,18). The number of carbonyl (C=O) groups is 1. The number of ether oxygens (including phenoxy) is 1. The Bertz CT molecular complexity index is 564. The third-order valence-corrected chi connectivity index (χ3v) is 4.39. The summed E-state index contributed by atoms with van der Waals surface area (Å²) in [6.45, 7) is 9.72. The minimum Gasteiger partial charge on any atom is -0.496 e. The molecular weight excluding hydrogens is 271 g/mol. The molecule has 1 aliphatic heterocycles. The maximum atomic E-state index is 11.2. The van der Waals surface area contributed by atoms with Crippen LogP contribution in [0.5, 0.6) is 5.75 Å². The summed E-state index contributed by atoms with van der Waals surface area (Å²) in [6.07, 6.45) is 0. The molecule has 1 aromatic rings. The molecule has 1 fully saturated rings. The van der Waals surface area contributed by atoms with Crippen molar-refractivity contribution in [3.8, 4) is 5.75 Å². The van der Waals surface area contributed by atoms with Gasteiger partial charge in [0.05, 0.1) is 18.3 Å². The Morgan fingerprint density at radius 2 is 1.71 bits per heavy atom. The van der Waals surface area contributed by atoms with Crippen LogP contribution in [0.4, 0.5) is 0 Å². The molecule has 0 spiro atoms. The second-order valence-corrected chi connectivity index (χ2v) is 6.25. The largest absolute Gasteiger partial charge is 0.496 e. The molecule has 114 valence electrons. The van der Waals surface area contributed by atoms with Crippen molar-refractivity contribution < 1.29 is 23.9 Å². The molecule has 21 heavy (non-hydrogen) atoms. The Balaban J connectivity index is 2.46. The Kier molecular flexibility index (Phi) is 3.80. The summed E-state index contributed by atoms with van der Waals surface area (Å²) < 4.78 is 17.3. The number of hydrogen-bond donors (Lipinski definition) is 1. The average Bonchev–Trinajstić information content (AvgIpc) is 2.57. The second-order valence-electron chi connectivity index (χ2n) is 6.25. The minimum absolute atomic E-state index is 0.135. The van der Waals surface area contributed by atoms with Crippen molar-refractivity contribution in [2.45, 2.75) is 45.8 Å². The number of aromatic carboxylic acids is 1. The van der Waals surface area contributed by atoms with Gasteiger partial charge in [-0.15, -0.1) is 0 Å². The van der Waals surface area contributed by atoms with Gasteiger partial charge in [0.25, 0.3) is 0 Å². The van der Waals surface area contributed by atoms with Crippen LogP contribution in [0.2, 0.25) is 0 Å². The van der Waals surface area contributed by atoms with Crippen LogP contribution >= 0.6 is 0 Å². The lowest BCUT2D eigenvalue weighted by Crippen LogP contribution is -2.41. The molecule has 1 saturated heterocycles. The van der Waals surface area contributed by atoms with Crippen LogP contribution in [0.1, 0.15) is 43.6 Å². The van der Waals surface area contributed by atoms with Crippen LogP contribution in [0.15, 0.2) is 12.1 Å². The summed E-state index contributed by atoms with van der Waals surface area (Å²) in [4.78, 5) is 11.2. The summed E-state index contributed by atoms with van der Waals surface area (Å²) in [6, 6.07) is 3.25. The highest BCUT2D eigenvalue weighted by atomic mass is 16.7. The fourth-order valence-corrected chi connectivity index (χ4v) is 2.36. The van der Waals surface area contributed by atoms with Crippen molar-refractivity contribution in [1.29, 1.82) is 0 Å². The smallest absolute Gasteiger partial charge is 0.495 e. The third kappa shape index (κ3) is 2.54. The molecule has 5 nitrogen and oxygen atoms in total. The first-order valence-corrected chi connectivity index (χ1v) is 6.87. The molecule has 2 rings (SSSR count). The Hall–Kier alpha value is -1.53. The number of benzene rings is 1. The first kappa shape index (κ1) is 15.9. The summed E-state index contributed by atoms with van der Waals surface area (Å²) in [5.74, 6) is -0.676. The van der Waals surface area contributed by atoms with E-state index in [1.807, 2.05) is 34.6 Å². The zero-order chi connectivity index (χ0) is 16.0. The van der Waals surface area contributed by atoms with Gasteiger partial charge in [-0.2, -0.15) is 0 Å². The van der Waals surface area contributed by atoms with E-state index in [-0.39, 0.29) is 5.56 Å². The molecule has 0 aliphatic carbocycles. The number of hydrogen-bond acceptors (Lipinski definition) is 4. The van der Waals surface area contributed by atoms with Crippen molar-refractivity contribution in [2.24, 2.45) is 0 Å². The van der Waals surface area contributed by atoms with Crippen molar-refractivity contribution in [3.05, 3.63) is 23.3 Å². The molecule has 0 saturated carbocycles. The molecule has 0 atom stereocenters. The van der Waals surface area contributed by atoms with Gasteiger partial charge in [0.15, 0.2) is 0 Å². The van der Waals surface area contributed by atoms with Gasteiger partial charge in [-0.3, -0.25) is 0 Å². The van der Waals surface area contributed by atoms with E-state index in [4.69, 9.17) is 14.0 Å². The Morgan fingerprint density at radius 1 is 1.19 bits per heavy atom. The van der Waals surface area contributed by atoms with Gasteiger partial charge < -0.3 is 19.2 Å². The number of rotatable bonds is 3. The van der Waals surface area contributed by atoms with Gasteiger partial charge in [-0.05, 0) is 51.7 Å². The molecule has 0 aromatic heterocycles. The molecular formula is C15H21BO5. The lowest BCUT2D eigenvalue weighted by Gasteiger charge is -2.32. The van der Waals surface area contributed by atoms with Crippen LogP contribution in [-0.2, 0) is 9.31 Å². The summed E-state index contributed by atoms with van der Waals surface area (Å²) in [7, 11) is 0.926. The molecule has 0 radical (unpaired) electrons. The van der Waals surface area contributed by atoms with Crippen LogP contribution < -0.4 is 10.2 Å². The molecule has 1 aromatic carbocycles. The van der Waals surface area contributed by atoms with Crippen LogP contribution in [0.25, 0.3) is 0 Å². The zero-order valence-corrected chi connectivity index (χ0v) is 13.3. The first-order chi connectivity index (χ1) is 9.60. The summed E-state index contributed by atoms with van der Waals surface area (Å²) in [5.41, 5.74) is 0.757. The monoisotopic (exact) mass is 292 g/mol. The summed E-state index contributed by atoms with van der Waals surface area (Å²) >= 11 is 0. The van der Waals surface area contributed by atoms with Gasteiger partial charge in [0.1, 0.15) is 11.3 Å². The zero-order valence-electron chi connectivity index (χ0n) is 13.3. The van der Waals surface area contributed by atoms with Crippen LogP contribution in [0.3, 0.4) is 0 Å². The van der Waals surface area contributed by atoms with E-state index < -0.39 is 24.3 Å². The van der Waals surface area contributed by atoms with Gasteiger partial charge in [0.2, 0.25) is 0 Å². The minimum atomic E-state index is -1.02. The first-order valence-electron chi connectivity index (χ1n) is 6.87. The van der Waals surface area contributed by atoms with E-state index in [2.05, 4.69) is 0 Å². The maximum absolute atomic E-state index is 11.2. The van der Waals surface area contributed by atoms with Gasteiger partial charge >= 0.3 is 13.1 Å². The lowest BCUT2D eigenvalue weighted by molar-refractivity contribution is 0.00578. The normalized spacial score (nSPS) is 19.6. The van der Waals surface area contributed by atoms with E-state index in [1.165, 1.54) is 13.2 Å².